The van der Waals surface area contributed by atoms with Gasteiger partial charge in [-0.25, -0.2) is 0 Å². The first kappa shape index (κ1) is 9.92. The molecule has 0 amide bonds. The van der Waals surface area contributed by atoms with Crippen molar-refractivity contribution in [2.45, 2.75) is 25.4 Å². The van der Waals surface area contributed by atoms with Crippen LogP contribution in [0.25, 0.3) is 0 Å². The molecule has 0 spiro atoms. The molecule has 3 aliphatic rings. The summed E-state index contributed by atoms with van der Waals surface area (Å²) in [5, 5.41) is 9.00. The van der Waals surface area contributed by atoms with Crippen molar-refractivity contribution in [3.63, 3.8) is 0 Å². The zero-order valence-electron chi connectivity index (χ0n) is 7.76. The molecule has 0 unspecified atom stereocenters. The highest BCUT2D eigenvalue weighted by Crippen LogP contribution is 2.60. The Hall–Kier alpha value is -0.620. The Balaban J connectivity index is 2.18. The van der Waals surface area contributed by atoms with E-state index in [1.807, 2.05) is 0 Å². The topological polar surface area (TPSA) is 80.7 Å². The second-order valence-corrected chi connectivity index (χ2v) is 5.86. The summed E-state index contributed by atoms with van der Waals surface area (Å²) in [6.45, 7) is 0. The Bertz CT molecular complexity index is 365. The minimum atomic E-state index is -3.55. The minimum Gasteiger partial charge on any atom is -0.481 e. The quantitative estimate of drug-likeness (QED) is 0.688. The van der Waals surface area contributed by atoms with E-state index >= 15 is 0 Å². The van der Waals surface area contributed by atoms with Gasteiger partial charge in [-0.15, -0.1) is 0 Å². The van der Waals surface area contributed by atoms with Crippen molar-refractivity contribution >= 4 is 16.1 Å². The van der Waals surface area contributed by atoms with E-state index in [2.05, 4.69) is 0 Å². The van der Waals surface area contributed by atoms with Crippen LogP contribution >= 0.6 is 0 Å². The average molecular weight is 220 g/mol. The summed E-state index contributed by atoms with van der Waals surface area (Å²) in [7, 11) is -3.55. The molecular formula is C8H12O5S. The molecule has 3 rings (SSSR count). The number of carbonyl (C=O) groups is 1. The zero-order chi connectivity index (χ0) is 10.6. The largest absolute Gasteiger partial charge is 0.481 e. The molecule has 2 bridgehead atoms. The molecule has 6 heteroatoms. The van der Waals surface area contributed by atoms with Gasteiger partial charge in [0.05, 0.1) is 17.8 Å². The van der Waals surface area contributed by atoms with Crippen molar-refractivity contribution in [3.05, 3.63) is 0 Å². The molecule has 3 fully saturated rings. The lowest BCUT2D eigenvalue weighted by molar-refractivity contribution is -0.157. The lowest BCUT2D eigenvalue weighted by Gasteiger charge is -2.36. The van der Waals surface area contributed by atoms with Crippen LogP contribution in [0.5, 0.6) is 0 Å². The summed E-state index contributed by atoms with van der Waals surface area (Å²) >= 11 is 0. The van der Waals surface area contributed by atoms with Crippen LogP contribution in [0.2, 0.25) is 0 Å². The maximum Gasteiger partial charge on any atom is 0.312 e. The molecule has 3 aliphatic carbocycles. The van der Waals surface area contributed by atoms with Gasteiger partial charge in [-0.1, -0.05) is 0 Å². The van der Waals surface area contributed by atoms with Gasteiger partial charge in [-0.2, -0.15) is 8.42 Å². The van der Waals surface area contributed by atoms with Gasteiger partial charge in [0.2, 0.25) is 0 Å². The lowest BCUT2D eigenvalue weighted by Crippen LogP contribution is -2.44. The highest BCUT2D eigenvalue weighted by molar-refractivity contribution is 7.86. The summed E-state index contributed by atoms with van der Waals surface area (Å²) < 4.78 is 26.6. The maximum absolute atomic E-state index is 11.0. The molecule has 0 radical (unpaired) electrons. The highest BCUT2D eigenvalue weighted by atomic mass is 32.2. The molecule has 0 heterocycles. The van der Waals surface area contributed by atoms with Crippen molar-refractivity contribution in [1.82, 2.24) is 0 Å². The molecule has 5 nitrogen and oxygen atoms in total. The number of fused-ring (bicyclic) bond motifs is 1. The van der Waals surface area contributed by atoms with Gasteiger partial charge in [0, 0.05) is 0 Å². The van der Waals surface area contributed by atoms with Crippen LogP contribution in [0.15, 0.2) is 0 Å². The Morgan fingerprint density at radius 1 is 1.50 bits per heavy atom. The number of hydrogen-bond acceptors (Lipinski definition) is 4. The standard InChI is InChI=1S/C8H12O5S/c1-14(11,12)13-6-2-5-3-8(6,4-5)7(9)10/h5-6H,2-4H2,1H3,(H,9,10)/t5?,6-,8?/m0/s1. The maximum atomic E-state index is 11.0. The fourth-order valence-electron chi connectivity index (χ4n) is 2.58. The van der Waals surface area contributed by atoms with Crippen molar-refractivity contribution in [2.75, 3.05) is 6.26 Å². The number of rotatable bonds is 3. The van der Waals surface area contributed by atoms with Crippen molar-refractivity contribution in [3.8, 4) is 0 Å². The van der Waals surface area contributed by atoms with E-state index in [0.29, 0.717) is 25.2 Å². The smallest absolute Gasteiger partial charge is 0.312 e. The third kappa shape index (κ3) is 1.33. The fraction of sp³-hybridized carbons (Fsp3) is 0.875. The monoisotopic (exact) mass is 220 g/mol. The van der Waals surface area contributed by atoms with Crippen LogP contribution in [-0.2, 0) is 19.1 Å². The minimum absolute atomic E-state index is 0.331. The summed E-state index contributed by atoms with van der Waals surface area (Å²) in [4.78, 5) is 11.0. The normalized spacial score (nSPS) is 40.6. The van der Waals surface area contributed by atoms with Crippen LogP contribution in [0.4, 0.5) is 0 Å². The third-order valence-electron chi connectivity index (χ3n) is 3.19. The summed E-state index contributed by atoms with van der Waals surface area (Å²) in [5.74, 6) is -0.599. The van der Waals surface area contributed by atoms with Crippen molar-refractivity contribution in [1.29, 1.82) is 0 Å². The molecule has 1 N–H and O–H groups in total. The first-order chi connectivity index (χ1) is 6.33. The first-order valence-corrected chi connectivity index (χ1v) is 6.27. The predicted molar refractivity (Wildman–Crippen MR) is 47.1 cm³/mol. The molecule has 0 aliphatic heterocycles. The van der Waals surface area contributed by atoms with Crippen LogP contribution in [0, 0.1) is 11.3 Å². The lowest BCUT2D eigenvalue weighted by atomic mass is 9.69. The Morgan fingerprint density at radius 2 is 2.07 bits per heavy atom. The molecule has 14 heavy (non-hydrogen) atoms. The van der Waals surface area contributed by atoms with Crippen molar-refractivity contribution < 1.29 is 22.5 Å². The Labute approximate surface area is 82.2 Å². The van der Waals surface area contributed by atoms with E-state index in [0.717, 1.165) is 6.26 Å². The molecule has 0 aromatic carbocycles. The van der Waals surface area contributed by atoms with Gasteiger partial charge in [0.15, 0.2) is 0 Å². The number of hydrogen-bond donors (Lipinski definition) is 1. The predicted octanol–water partition coefficient (Wildman–Crippen LogP) is 0.216. The summed E-state index contributed by atoms with van der Waals surface area (Å²) in [5.41, 5.74) is -0.923. The van der Waals surface area contributed by atoms with E-state index in [1.165, 1.54) is 0 Å². The van der Waals surface area contributed by atoms with E-state index in [9.17, 15) is 13.2 Å². The molecule has 1 atom stereocenters. The van der Waals surface area contributed by atoms with E-state index in [-0.39, 0.29) is 0 Å². The average Bonchev–Trinajstić information content (AvgIpc) is 2.34. The van der Waals surface area contributed by atoms with Crippen molar-refractivity contribution in [2.24, 2.45) is 11.3 Å². The van der Waals surface area contributed by atoms with Gasteiger partial charge in [-0.3, -0.25) is 8.98 Å². The first-order valence-electron chi connectivity index (χ1n) is 4.45. The van der Waals surface area contributed by atoms with Gasteiger partial charge >= 0.3 is 5.97 Å². The van der Waals surface area contributed by atoms with Crippen LogP contribution in [0.1, 0.15) is 19.3 Å². The van der Waals surface area contributed by atoms with E-state index < -0.39 is 27.6 Å². The number of carboxylic acids is 1. The van der Waals surface area contributed by atoms with Crippen LogP contribution in [-0.4, -0.2) is 31.9 Å². The fourth-order valence-corrected chi connectivity index (χ4v) is 3.27. The van der Waals surface area contributed by atoms with Gasteiger partial charge in [-0.05, 0) is 25.2 Å². The van der Waals surface area contributed by atoms with E-state index in [4.69, 9.17) is 9.29 Å². The molecule has 80 valence electrons. The van der Waals surface area contributed by atoms with Gasteiger partial charge in [0.25, 0.3) is 10.1 Å². The third-order valence-corrected chi connectivity index (χ3v) is 3.77. The van der Waals surface area contributed by atoms with Gasteiger partial charge in [0.1, 0.15) is 0 Å². The second-order valence-electron chi connectivity index (χ2n) is 4.26. The molecule has 0 aromatic heterocycles. The number of aliphatic carboxylic acids is 1. The van der Waals surface area contributed by atoms with Gasteiger partial charge < -0.3 is 5.11 Å². The van der Waals surface area contributed by atoms with Crippen LogP contribution < -0.4 is 0 Å². The molecular weight excluding hydrogens is 208 g/mol. The number of carboxylic acid groups (broad SMARTS) is 1. The summed E-state index contributed by atoms with van der Waals surface area (Å²) in [6.07, 6.45) is 1.97. The SMILES string of the molecule is CS(=O)(=O)O[C@H]1CC2CC1(C(=O)O)C2. The zero-order valence-corrected chi connectivity index (χ0v) is 8.58. The van der Waals surface area contributed by atoms with E-state index in [1.54, 1.807) is 0 Å². The second kappa shape index (κ2) is 2.70. The molecule has 0 aromatic rings. The highest BCUT2D eigenvalue weighted by Gasteiger charge is 2.63. The van der Waals surface area contributed by atoms with Crippen LogP contribution in [0.3, 0.4) is 0 Å². The Kier molecular flexibility index (Phi) is 1.91. The molecule has 3 saturated carbocycles. The summed E-state index contributed by atoms with van der Waals surface area (Å²) in [6, 6.07) is 0. The Morgan fingerprint density at radius 3 is 2.50 bits per heavy atom. The molecule has 0 saturated heterocycles.